The number of rotatable bonds is 12. The van der Waals surface area contributed by atoms with Crippen LogP contribution in [0.2, 0.25) is 0 Å². The second-order valence-corrected chi connectivity index (χ2v) is 12.7. The van der Waals surface area contributed by atoms with Gasteiger partial charge in [0, 0.05) is 25.9 Å². The van der Waals surface area contributed by atoms with Gasteiger partial charge in [0.2, 0.25) is 15.9 Å². The summed E-state index contributed by atoms with van der Waals surface area (Å²) < 4.78 is 33.9. The maximum atomic E-state index is 13.7. The molecule has 0 unspecified atom stereocenters. The van der Waals surface area contributed by atoms with E-state index in [2.05, 4.69) is 5.32 Å². The number of aliphatic hydroxyl groups is 1. The average molecular weight is 532 g/mol. The van der Waals surface area contributed by atoms with Crippen LogP contribution in [0.4, 0.5) is 5.69 Å². The van der Waals surface area contributed by atoms with Crippen molar-refractivity contribution >= 4 is 21.6 Å². The smallest absolute Gasteiger partial charge is 0.243 e. The highest BCUT2D eigenvalue weighted by Crippen LogP contribution is 2.40. The summed E-state index contributed by atoms with van der Waals surface area (Å²) in [5, 5.41) is 14.8. The lowest BCUT2D eigenvalue weighted by Gasteiger charge is -2.41. The fourth-order valence-corrected chi connectivity index (χ4v) is 6.72. The molecule has 8 nitrogen and oxygen atoms in total. The summed E-state index contributed by atoms with van der Waals surface area (Å²) in [5.41, 5.74) is 5.00. The molecule has 204 valence electrons. The lowest BCUT2D eigenvalue weighted by atomic mass is 9.81. The number of benzene rings is 2. The molecule has 2 atom stereocenters. The number of amides is 1. The molecule has 4 N–H and O–H groups in total. The molecule has 2 aromatic carbocycles. The molecule has 0 radical (unpaired) electrons. The highest BCUT2D eigenvalue weighted by molar-refractivity contribution is 7.89. The van der Waals surface area contributed by atoms with Crippen molar-refractivity contribution in [3.8, 4) is 0 Å². The second-order valence-electron chi connectivity index (χ2n) is 10.7. The van der Waals surface area contributed by atoms with Crippen LogP contribution in [-0.4, -0.2) is 56.6 Å². The Morgan fingerprint density at radius 2 is 1.70 bits per heavy atom. The zero-order chi connectivity index (χ0) is 27.3. The van der Waals surface area contributed by atoms with Gasteiger partial charge in [-0.15, -0.1) is 0 Å². The van der Waals surface area contributed by atoms with E-state index in [4.69, 9.17) is 10.5 Å². The van der Waals surface area contributed by atoms with Gasteiger partial charge >= 0.3 is 0 Å². The molecular weight excluding hydrogens is 490 g/mol. The van der Waals surface area contributed by atoms with Crippen molar-refractivity contribution in [1.82, 2.24) is 9.62 Å². The van der Waals surface area contributed by atoms with Crippen molar-refractivity contribution in [1.29, 1.82) is 0 Å². The molecule has 0 saturated heterocycles. The molecule has 37 heavy (non-hydrogen) atoms. The van der Waals surface area contributed by atoms with E-state index in [-0.39, 0.29) is 29.8 Å². The number of sulfonamides is 1. The highest BCUT2D eigenvalue weighted by Gasteiger charge is 2.46. The van der Waals surface area contributed by atoms with Crippen LogP contribution in [0.1, 0.15) is 52.0 Å². The van der Waals surface area contributed by atoms with E-state index in [1.165, 1.54) is 16.4 Å². The minimum absolute atomic E-state index is 0.0109. The van der Waals surface area contributed by atoms with Gasteiger partial charge in [0.05, 0.1) is 28.6 Å². The lowest BCUT2D eigenvalue weighted by molar-refractivity contribution is -0.137. The van der Waals surface area contributed by atoms with Gasteiger partial charge in [-0.3, -0.25) is 4.79 Å². The molecule has 1 aliphatic rings. The molecule has 9 heteroatoms. The predicted octanol–water partition coefficient (Wildman–Crippen LogP) is 3.51. The van der Waals surface area contributed by atoms with Gasteiger partial charge in [0.1, 0.15) is 0 Å². The van der Waals surface area contributed by atoms with Crippen molar-refractivity contribution < 1.29 is 23.1 Å². The predicted molar refractivity (Wildman–Crippen MR) is 145 cm³/mol. The number of hydrogen-bond donors (Lipinski definition) is 3. The van der Waals surface area contributed by atoms with Crippen LogP contribution >= 0.6 is 0 Å². The van der Waals surface area contributed by atoms with Crippen LogP contribution in [0, 0.1) is 11.3 Å². The number of carbonyl (C=O) groups is 1. The zero-order valence-electron chi connectivity index (χ0n) is 22.3. The Labute approximate surface area is 221 Å². The molecule has 0 heterocycles. The van der Waals surface area contributed by atoms with Crippen LogP contribution in [0.5, 0.6) is 0 Å². The lowest BCUT2D eigenvalue weighted by Crippen LogP contribution is -2.59. The van der Waals surface area contributed by atoms with Crippen molar-refractivity contribution in [2.24, 2.45) is 11.3 Å². The largest absolute Gasteiger partial charge is 0.399 e. The maximum Gasteiger partial charge on any atom is 0.243 e. The maximum absolute atomic E-state index is 13.7. The molecule has 0 spiro atoms. The third kappa shape index (κ3) is 6.52. The number of nitrogens with zero attached hydrogens (tertiary/aromatic N) is 1. The Kier molecular flexibility index (Phi) is 9.39. The highest BCUT2D eigenvalue weighted by atomic mass is 32.2. The topological polar surface area (TPSA) is 122 Å². The number of nitrogens with one attached hydrogen (secondary N) is 1. The number of carbonyl (C=O) groups excluding carboxylic acids is 1. The van der Waals surface area contributed by atoms with Crippen LogP contribution in [0.15, 0.2) is 59.5 Å². The van der Waals surface area contributed by atoms with E-state index >= 15 is 0 Å². The third-order valence-electron chi connectivity index (χ3n) is 7.34. The summed E-state index contributed by atoms with van der Waals surface area (Å²) in [6, 6.07) is 15.2. The van der Waals surface area contributed by atoms with Crippen LogP contribution in [0.25, 0.3) is 0 Å². The van der Waals surface area contributed by atoms with Crippen molar-refractivity contribution in [3.63, 3.8) is 0 Å². The molecule has 0 bridgehead atoms. The fraction of sp³-hybridized carbons (Fsp3) is 0.536. The number of anilines is 1. The number of hydrogen-bond acceptors (Lipinski definition) is 6. The number of aliphatic hydroxyl groups excluding tert-OH is 1. The second kappa shape index (κ2) is 11.9. The normalized spacial score (nSPS) is 18.0. The van der Waals surface area contributed by atoms with Crippen molar-refractivity contribution in [2.45, 2.75) is 63.0 Å². The van der Waals surface area contributed by atoms with E-state index in [0.717, 1.165) is 12.8 Å². The Hall–Kier alpha value is -2.46. The number of ether oxygens (including phenoxy) is 1. The first kappa shape index (κ1) is 29.1. The first-order valence-electron chi connectivity index (χ1n) is 12.9. The summed E-state index contributed by atoms with van der Waals surface area (Å²) >= 11 is 0. The Bertz CT molecular complexity index is 1130. The van der Waals surface area contributed by atoms with Crippen LogP contribution in [0.3, 0.4) is 0 Å². The molecule has 1 fully saturated rings. The van der Waals surface area contributed by atoms with Crippen LogP contribution < -0.4 is 11.1 Å². The van der Waals surface area contributed by atoms with Gasteiger partial charge in [0.25, 0.3) is 0 Å². The molecule has 2 aromatic rings. The van der Waals surface area contributed by atoms with Crippen molar-refractivity contribution in [3.05, 3.63) is 60.2 Å². The SMILES string of the molecule is COCC1(C(=O)N[C@@](C)(c2ccccc2)[C@H](O)CN(CC(C)C)S(=O)(=O)c2ccc(N)cc2)CCCC1. The minimum Gasteiger partial charge on any atom is -0.399 e. The third-order valence-corrected chi connectivity index (χ3v) is 9.19. The molecule has 0 aromatic heterocycles. The monoisotopic (exact) mass is 531 g/mol. The Balaban J connectivity index is 1.97. The summed E-state index contributed by atoms with van der Waals surface area (Å²) in [6.45, 7) is 5.90. The van der Waals surface area contributed by atoms with Gasteiger partial charge in [0.15, 0.2) is 0 Å². The van der Waals surface area contributed by atoms with Gasteiger partial charge < -0.3 is 20.9 Å². The molecule has 1 saturated carbocycles. The first-order chi connectivity index (χ1) is 17.4. The number of nitrogen functional groups attached to an aromatic ring is 1. The number of nitrogens with two attached hydrogens (primary N) is 1. The molecular formula is C28H41N3O5S. The average Bonchev–Trinajstić information content (AvgIpc) is 3.34. The van der Waals surface area contributed by atoms with Gasteiger partial charge in [-0.25, -0.2) is 8.42 Å². The Morgan fingerprint density at radius 1 is 1.11 bits per heavy atom. The fourth-order valence-electron chi connectivity index (χ4n) is 5.11. The summed E-state index contributed by atoms with van der Waals surface area (Å²) in [7, 11) is -2.34. The van der Waals surface area contributed by atoms with Crippen LogP contribution in [-0.2, 0) is 25.1 Å². The molecule has 3 rings (SSSR count). The van der Waals surface area contributed by atoms with Crippen molar-refractivity contribution in [2.75, 3.05) is 32.5 Å². The van der Waals surface area contributed by atoms with Gasteiger partial charge in [-0.05, 0) is 55.5 Å². The quantitative estimate of drug-likeness (QED) is 0.360. The van der Waals surface area contributed by atoms with E-state index in [1.54, 1.807) is 26.2 Å². The Morgan fingerprint density at radius 3 is 2.24 bits per heavy atom. The van der Waals surface area contributed by atoms with E-state index in [9.17, 15) is 18.3 Å². The standard InChI is InChI=1S/C28H41N3O5S/c1-21(2)18-31(37(34,35)24-14-12-23(29)13-15-24)19-25(32)27(3,22-10-6-5-7-11-22)30-26(33)28(20-36-4)16-8-9-17-28/h5-7,10-15,21,25,32H,8-9,16-20,29H2,1-4H3,(H,30,33)/t25-,27+/m1/s1. The minimum atomic E-state index is -3.93. The van der Waals surface area contributed by atoms with E-state index in [1.807, 2.05) is 44.2 Å². The van der Waals surface area contributed by atoms with E-state index < -0.39 is 27.1 Å². The molecule has 1 amide bonds. The number of methoxy groups -OCH3 is 1. The summed E-state index contributed by atoms with van der Waals surface area (Å²) in [6.07, 6.45) is 2.05. The zero-order valence-corrected chi connectivity index (χ0v) is 23.1. The first-order valence-corrected chi connectivity index (χ1v) is 14.3. The molecule has 1 aliphatic carbocycles. The van der Waals surface area contributed by atoms with E-state index in [0.29, 0.717) is 30.7 Å². The molecule has 0 aliphatic heterocycles. The summed E-state index contributed by atoms with van der Waals surface area (Å²) in [4.78, 5) is 13.8. The van der Waals surface area contributed by atoms with Gasteiger partial charge in [-0.1, -0.05) is 57.0 Å². The summed E-state index contributed by atoms with van der Waals surface area (Å²) in [5.74, 6) is -0.175. The van der Waals surface area contributed by atoms with Gasteiger partial charge in [-0.2, -0.15) is 4.31 Å².